The van der Waals surface area contributed by atoms with Crippen molar-refractivity contribution in [3.05, 3.63) is 24.3 Å². The second-order valence-electron chi connectivity index (χ2n) is 4.07. The van der Waals surface area contributed by atoms with Crippen LogP contribution in [0.4, 0.5) is 5.69 Å². The van der Waals surface area contributed by atoms with Crippen LogP contribution in [-0.2, 0) is 0 Å². The third-order valence-corrected chi connectivity index (χ3v) is 3.03. The zero-order chi connectivity index (χ0) is 10.5. The second-order valence-corrected chi connectivity index (χ2v) is 4.07. The minimum atomic E-state index is 0.999. The number of para-hydroxylation sites is 2. The molecular weight excluding hydrogens is 186 g/mol. The van der Waals surface area contributed by atoms with Gasteiger partial charge in [0.2, 0.25) is 0 Å². The molecular formula is C13H19NO. The van der Waals surface area contributed by atoms with Gasteiger partial charge in [-0.15, -0.1) is 0 Å². The lowest BCUT2D eigenvalue weighted by atomic mass is 10.2. The summed E-state index contributed by atoms with van der Waals surface area (Å²) in [7, 11) is 1.75. The second kappa shape index (κ2) is 5.06. The molecule has 2 nitrogen and oxygen atoms in total. The molecule has 0 atom stereocenters. The van der Waals surface area contributed by atoms with Gasteiger partial charge in [-0.3, -0.25) is 0 Å². The zero-order valence-corrected chi connectivity index (χ0v) is 9.41. The van der Waals surface area contributed by atoms with Gasteiger partial charge in [0, 0.05) is 13.1 Å². The smallest absolute Gasteiger partial charge is 0.142 e. The number of hydrogen-bond donors (Lipinski definition) is 0. The van der Waals surface area contributed by atoms with E-state index in [-0.39, 0.29) is 0 Å². The Morgan fingerprint density at radius 3 is 2.33 bits per heavy atom. The average Bonchev–Trinajstić information content (AvgIpc) is 2.57. The molecule has 0 bridgehead atoms. The molecule has 1 aliphatic heterocycles. The molecule has 1 saturated heterocycles. The lowest BCUT2D eigenvalue weighted by Crippen LogP contribution is -2.24. The summed E-state index contributed by atoms with van der Waals surface area (Å²) in [5.74, 6) is 0.999. The van der Waals surface area contributed by atoms with Crippen LogP contribution in [-0.4, -0.2) is 20.2 Å². The minimum Gasteiger partial charge on any atom is -0.495 e. The van der Waals surface area contributed by atoms with Crippen molar-refractivity contribution in [3.8, 4) is 5.75 Å². The van der Waals surface area contributed by atoms with Crippen LogP contribution in [0.3, 0.4) is 0 Å². The van der Waals surface area contributed by atoms with Crippen molar-refractivity contribution in [3.63, 3.8) is 0 Å². The molecule has 0 unspecified atom stereocenters. The van der Waals surface area contributed by atoms with Gasteiger partial charge in [-0.05, 0) is 25.0 Å². The SMILES string of the molecule is COc1ccccc1N1CCCCCC1. The molecule has 2 rings (SSSR count). The first-order valence-corrected chi connectivity index (χ1v) is 5.80. The van der Waals surface area contributed by atoms with Gasteiger partial charge in [0.05, 0.1) is 12.8 Å². The van der Waals surface area contributed by atoms with Crippen LogP contribution in [0.2, 0.25) is 0 Å². The van der Waals surface area contributed by atoms with Crippen molar-refractivity contribution < 1.29 is 4.74 Å². The lowest BCUT2D eigenvalue weighted by Gasteiger charge is -2.24. The number of nitrogens with zero attached hydrogens (tertiary/aromatic N) is 1. The predicted octanol–water partition coefficient (Wildman–Crippen LogP) is 3.08. The topological polar surface area (TPSA) is 12.5 Å². The number of rotatable bonds is 2. The number of benzene rings is 1. The Morgan fingerprint density at radius 1 is 1.00 bits per heavy atom. The highest BCUT2D eigenvalue weighted by Crippen LogP contribution is 2.29. The predicted molar refractivity (Wildman–Crippen MR) is 63.7 cm³/mol. The Hall–Kier alpha value is -1.18. The average molecular weight is 205 g/mol. The van der Waals surface area contributed by atoms with E-state index < -0.39 is 0 Å². The van der Waals surface area contributed by atoms with E-state index in [1.165, 1.54) is 44.5 Å². The summed E-state index contributed by atoms with van der Waals surface area (Å²) < 4.78 is 5.40. The summed E-state index contributed by atoms with van der Waals surface area (Å²) in [5, 5.41) is 0. The Kier molecular flexibility index (Phi) is 3.49. The fraction of sp³-hybridized carbons (Fsp3) is 0.538. The molecule has 0 aromatic heterocycles. The summed E-state index contributed by atoms with van der Waals surface area (Å²) in [6.07, 6.45) is 5.34. The van der Waals surface area contributed by atoms with Crippen LogP contribution in [0.15, 0.2) is 24.3 Å². The Labute approximate surface area is 91.9 Å². The van der Waals surface area contributed by atoms with E-state index in [4.69, 9.17) is 4.74 Å². The molecule has 0 amide bonds. The Morgan fingerprint density at radius 2 is 1.67 bits per heavy atom. The molecule has 1 fully saturated rings. The van der Waals surface area contributed by atoms with E-state index in [9.17, 15) is 0 Å². The van der Waals surface area contributed by atoms with Gasteiger partial charge >= 0.3 is 0 Å². The van der Waals surface area contributed by atoms with Gasteiger partial charge in [-0.1, -0.05) is 25.0 Å². The molecule has 0 saturated carbocycles. The summed E-state index contributed by atoms with van der Waals surface area (Å²) >= 11 is 0. The molecule has 1 aliphatic rings. The molecule has 1 heterocycles. The molecule has 0 N–H and O–H groups in total. The van der Waals surface area contributed by atoms with Crippen molar-refractivity contribution in [1.29, 1.82) is 0 Å². The maximum Gasteiger partial charge on any atom is 0.142 e. The van der Waals surface area contributed by atoms with Gasteiger partial charge in [-0.2, -0.15) is 0 Å². The first-order chi connectivity index (χ1) is 7.42. The minimum absolute atomic E-state index is 0.999. The molecule has 0 spiro atoms. The van der Waals surface area contributed by atoms with E-state index in [0.29, 0.717) is 0 Å². The molecule has 2 heteroatoms. The van der Waals surface area contributed by atoms with Crippen LogP contribution in [0, 0.1) is 0 Å². The highest BCUT2D eigenvalue weighted by atomic mass is 16.5. The highest BCUT2D eigenvalue weighted by molar-refractivity contribution is 5.58. The van der Waals surface area contributed by atoms with Crippen LogP contribution in [0.25, 0.3) is 0 Å². The van der Waals surface area contributed by atoms with Gasteiger partial charge in [0.15, 0.2) is 0 Å². The van der Waals surface area contributed by atoms with Crippen molar-refractivity contribution in [1.82, 2.24) is 0 Å². The van der Waals surface area contributed by atoms with E-state index in [1.54, 1.807) is 7.11 Å². The largest absolute Gasteiger partial charge is 0.495 e. The highest BCUT2D eigenvalue weighted by Gasteiger charge is 2.12. The van der Waals surface area contributed by atoms with Gasteiger partial charge < -0.3 is 9.64 Å². The Bertz CT molecular complexity index is 303. The zero-order valence-electron chi connectivity index (χ0n) is 9.41. The maximum absolute atomic E-state index is 5.40. The Balaban J connectivity index is 2.18. The quantitative estimate of drug-likeness (QED) is 0.735. The number of ether oxygens (including phenoxy) is 1. The van der Waals surface area contributed by atoms with Crippen molar-refractivity contribution >= 4 is 5.69 Å². The van der Waals surface area contributed by atoms with E-state index >= 15 is 0 Å². The number of anilines is 1. The molecule has 1 aromatic rings. The lowest BCUT2D eigenvalue weighted by molar-refractivity contribution is 0.414. The van der Waals surface area contributed by atoms with Crippen LogP contribution in [0.5, 0.6) is 5.75 Å². The van der Waals surface area contributed by atoms with E-state index in [2.05, 4.69) is 17.0 Å². The maximum atomic E-state index is 5.40. The number of hydrogen-bond acceptors (Lipinski definition) is 2. The standard InChI is InChI=1S/C13H19NO/c1-15-13-9-5-4-8-12(13)14-10-6-2-3-7-11-14/h4-5,8-9H,2-3,6-7,10-11H2,1H3. The summed E-state index contributed by atoms with van der Waals surface area (Å²) in [6, 6.07) is 8.31. The fourth-order valence-electron chi connectivity index (χ4n) is 2.20. The van der Waals surface area contributed by atoms with Crippen molar-refractivity contribution in [2.24, 2.45) is 0 Å². The summed E-state index contributed by atoms with van der Waals surface area (Å²) in [5.41, 5.74) is 1.25. The number of methoxy groups -OCH3 is 1. The molecule has 82 valence electrons. The van der Waals surface area contributed by atoms with Crippen molar-refractivity contribution in [2.75, 3.05) is 25.1 Å². The summed E-state index contributed by atoms with van der Waals surface area (Å²) in [4.78, 5) is 2.45. The van der Waals surface area contributed by atoms with Gasteiger partial charge in [0.1, 0.15) is 5.75 Å². The monoisotopic (exact) mass is 205 g/mol. The molecule has 0 aliphatic carbocycles. The van der Waals surface area contributed by atoms with Crippen LogP contribution in [0.1, 0.15) is 25.7 Å². The van der Waals surface area contributed by atoms with E-state index in [1.807, 2.05) is 12.1 Å². The van der Waals surface area contributed by atoms with E-state index in [0.717, 1.165) is 5.75 Å². The normalized spacial score (nSPS) is 17.3. The van der Waals surface area contributed by atoms with Crippen LogP contribution < -0.4 is 9.64 Å². The first-order valence-electron chi connectivity index (χ1n) is 5.80. The molecule has 15 heavy (non-hydrogen) atoms. The molecule has 0 radical (unpaired) electrons. The van der Waals surface area contributed by atoms with Crippen LogP contribution >= 0.6 is 0 Å². The fourth-order valence-corrected chi connectivity index (χ4v) is 2.20. The third kappa shape index (κ3) is 2.44. The van der Waals surface area contributed by atoms with Gasteiger partial charge in [-0.25, -0.2) is 0 Å². The van der Waals surface area contributed by atoms with Crippen molar-refractivity contribution in [2.45, 2.75) is 25.7 Å². The first kappa shape index (κ1) is 10.3. The summed E-state index contributed by atoms with van der Waals surface area (Å²) in [6.45, 7) is 2.33. The molecule has 1 aromatic carbocycles. The van der Waals surface area contributed by atoms with Gasteiger partial charge in [0.25, 0.3) is 0 Å². The third-order valence-electron chi connectivity index (χ3n) is 3.03.